The SMILES string of the molecule is Cc1cnc(C(=O)Nc2cc(-c3nnc4n3CCCCC4)ccc2C)cn1. The monoisotopic (exact) mass is 362 g/mol. The molecular weight excluding hydrogens is 340 g/mol. The topological polar surface area (TPSA) is 85.6 Å². The fourth-order valence-corrected chi connectivity index (χ4v) is 3.29. The molecule has 4 rings (SSSR count). The summed E-state index contributed by atoms with van der Waals surface area (Å²) in [4.78, 5) is 20.8. The first-order chi connectivity index (χ1) is 13.1. The Hall–Kier alpha value is -3.09. The Morgan fingerprint density at radius 2 is 1.96 bits per heavy atom. The van der Waals surface area contributed by atoms with Gasteiger partial charge in [-0.15, -0.1) is 10.2 Å². The Morgan fingerprint density at radius 3 is 2.78 bits per heavy atom. The summed E-state index contributed by atoms with van der Waals surface area (Å²) in [5, 5.41) is 11.7. The van der Waals surface area contributed by atoms with Gasteiger partial charge in [-0.1, -0.05) is 18.6 Å². The summed E-state index contributed by atoms with van der Waals surface area (Å²) < 4.78 is 2.20. The second-order valence-corrected chi connectivity index (χ2v) is 6.93. The normalized spacial score (nSPS) is 13.7. The van der Waals surface area contributed by atoms with Crippen molar-refractivity contribution in [1.82, 2.24) is 24.7 Å². The number of aromatic nitrogens is 5. The summed E-state index contributed by atoms with van der Waals surface area (Å²) in [5.41, 5.74) is 3.74. The maximum Gasteiger partial charge on any atom is 0.275 e. The van der Waals surface area contributed by atoms with Crippen LogP contribution in [-0.2, 0) is 13.0 Å². The lowest BCUT2D eigenvalue weighted by Crippen LogP contribution is -2.15. The number of nitrogens with one attached hydrogen (secondary N) is 1. The molecule has 7 nitrogen and oxygen atoms in total. The van der Waals surface area contributed by atoms with E-state index in [9.17, 15) is 4.79 Å². The van der Waals surface area contributed by atoms with Crippen LogP contribution in [0.25, 0.3) is 11.4 Å². The molecule has 0 radical (unpaired) electrons. The molecule has 1 N–H and O–H groups in total. The number of fused-ring (bicyclic) bond motifs is 1. The van der Waals surface area contributed by atoms with Crippen LogP contribution >= 0.6 is 0 Å². The fraction of sp³-hybridized carbons (Fsp3) is 0.350. The van der Waals surface area contributed by atoms with Gasteiger partial charge in [0.05, 0.1) is 11.9 Å². The van der Waals surface area contributed by atoms with Crippen LogP contribution in [-0.4, -0.2) is 30.6 Å². The molecule has 2 aromatic heterocycles. The summed E-state index contributed by atoms with van der Waals surface area (Å²) in [6, 6.07) is 5.97. The molecule has 1 aliphatic rings. The minimum absolute atomic E-state index is 0.275. The Bertz CT molecular complexity index is 977. The molecule has 7 heteroatoms. The molecule has 0 unspecified atom stereocenters. The molecular formula is C20H22N6O. The summed E-state index contributed by atoms with van der Waals surface area (Å²) in [7, 11) is 0. The van der Waals surface area contributed by atoms with Gasteiger partial charge in [0.1, 0.15) is 11.5 Å². The summed E-state index contributed by atoms with van der Waals surface area (Å²) in [6.45, 7) is 4.74. The minimum Gasteiger partial charge on any atom is -0.320 e. The van der Waals surface area contributed by atoms with E-state index in [2.05, 4.69) is 30.0 Å². The smallest absolute Gasteiger partial charge is 0.275 e. The van der Waals surface area contributed by atoms with Crippen molar-refractivity contribution in [3.05, 3.63) is 53.4 Å². The van der Waals surface area contributed by atoms with Crippen LogP contribution in [0.1, 0.15) is 46.8 Å². The van der Waals surface area contributed by atoms with Crippen molar-refractivity contribution in [3.8, 4) is 11.4 Å². The highest BCUT2D eigenvalue weighted by Gasteiger charge is 2.17. The van der Waals surface area contributed by atoms with Crippen molar-refractivity contribution in [2.45, 2.75) is 46.1 Å². The second kappa shape index (κ2) is 7.26. The molecule has 0 atom stereocenters. The van der Waals surface area contributed by atoms with E-state index in [0.29, 0.717) is 5.69 Å². The van der Waals surface area contributed by atoms with Crippen molar-refractivity contribution in [3.63, 3.8) is 0 Å². The maximum atomic E-state index is 12.5. The van der Waals surface area contributed by atoms with Gasteiger partial charge < -0.3 is 9.88 Å². The average molecular weight is 362 g/mol. The van der Waals surface area contributed by atoms with Gasteiger partial charge in [0.15, 0.2) is 5.82 Å². The van der Waals surface area contributed by atoms with E-state index in [-0.39, 0.29) is 5.91 Å². The third-order valence-corrected chi connectivity index (χ3v) is 4.87. The average Bonchev–Trinajstić information content (AvgIpc) is 2.92. The summed E-state index contributed by atoms with van der Waals surface area (Å²) in [5.74, 6) is 1.63. The Labute approximate surface area is 157 Å². The number of carbonyl (C=O) groups is 1. The van der Waals surface area contributed by atoms with E-state index >= 15 is 0 Å². The van der Waals surface area contributed by atoms with Gasteiger partial charge >= 0.3 is 0 Å². The predicted octanol–water partition coefficient (Wildman–Crippen LogP) is 3.33. The van der Waals surface area contributed by atoms with Crippen molar-refractivity contribution in [2.24, 2.45) is 0 Å². The van der Waals surface area contributed by atoms with Crippen LogP contribution in [0.3, 0.4) is 0 Å². The van der Waals surface area contributed by atoms with Gasteiger partial charge in [0.25, 0.3) is 5.91 Å². The number of aryl methyl sites for hydroxylation is 3. The van der Waals surface area contributed by atoms with Gasteiger partial charge in [-0.25, -0.2) is 4.98 Å². The van der Waals surface area contributed by atoms with E-state index in [1.54, 1.807) is 6.20 Å². The third-order valence-electron chi connectivity index (χ3n) is 4.87. The molecule has 0 bridgehead atoms. The lowest BCUT2D eigenvalue weighted by molar-refractivity contribution is 0.102. The van der Waals surface area contributed by atoms with E-state index in [1.807, 2.05) is 32.0 Å². The van der Waals surface area contributed by atoms with Gasteiger partial charge in [-0.2, -0.15) is 0 Å². The second-order valence-electron chi connectivity index (χ2n) is 6.93. The predicted molar refractivity (Wildman–Crippen MR) is 102 cm³/mol. The van der Waals surface area contributed by atoms with E-state index in [1.165, 1.54) is 12.6 Å². The number of carbonyl (C=O) groups excluding carboxylic acids is 1. The van der Waals surface area contributed by atoms with Crippen LogP contribution < -0.4 is 5.32 Å². The molecule has 0 aliphatic carbocycles. The lowest BCUT2D eigenvalue weighted by atomic mass is 10.1. The summed E-state index contributed by atoms with van der Waals surface area (Å²) >= 11 is 0. The van der Waals surface area contributed by atoms with Crippen LogP contribution in [0.5, 0.6) is 0 Å². The molecule has 0 saturated carbocycles. The van der Waals surface area contributed by atoms with Crippen molar-refractivity contribution in [1.29, 1.82) is 0 Å². The lowest BCUT2D eigenvalue weighted by Gasteiger charge is -2.11. The maximum absolute atomic E-state index is 12.5. The van der Waals surface area contributed by atoms with E-state index in [4.69, 9.17) is 0 Å². The number of nitrogens with zero attached hydrogens (tertiary/aromatic N) is 5. The first kappa shape index (κ1) is 17.3. The van der Waals surface area contributed by atoms with E-state index < -0.39 is 0 Å². The van der Waals surface area contributed by atoms with Crippen molar-refractivity contribution < 1.29 is 4.79 Å². The zero-order valence-electron chi connectivity index (χ0n) is 15.6. The summed E-state index contributed by atoms with van der Waals surface area (Å²) in [6.07, 6.45) is 7.56. The number of hydrogen-bond donors (Lipinski definition) is 1. The standard InChI is InChI=1S/C20H22N6O/c1-13-7-8-15(19-25-24-18-6-4-3-5-9-26(18)19)10-16(13)23-20(27)17-12-21-14(2)11-22-17/h7-8,10-12H,3-6,9H2,1-2H3,(H,23,27). The third kappa shape index (κ3) is 3.58. The molecule has 0 fully saturated rings. The molecule has 1 amide bonds. The number of benzene rings is 1. The number of amides is 1. The zero-order valence-corrected chi connectivity index (χ0v) is 15.6. The number of rotatable bonds is 3. The molecule has 0 spiro atoms. The molecule has 3 aromatic rings. The van der Waals surface area contributed by atoms with Crippen LogP contribution in [0.4, 0.5) is 5.69 Å². The van der Waals surface area contributed by atoms with Gasteiger partial charge in [-0.05, 0) is 38.3 Å². The van der Waals surface area contributed by atoms with Crippen LogP contribution in [0.2, 0.25) is 0 Å². The minimum atomic E-state index is -0.275. The quantitative estimate of drug-likeness (QED) is 0.772. The Morgan fingerprint density at radius 1 is 1.07 bits per heavy atom. The first-order valence-electron chi connectivity index (χ1n) is 9.25. The largest absolute Gasteiger partial charge is 0.320 e. The molecule has 0 saturated heterocycles. The molecule has 3 heterocycles. The van der Waals surface area contributed by atoms with E-state index in [0.717, 1.165) is 60.0 Å². The highest BCUT2D eigenvalue weighted by atomic mass is 16.1. The Kier molecular flexibility index (Phi) is 4.66. The van der Waals surface area contributed by atoms with Gasteiger partial charge in [0.2, 0.25) is 0 Å². The first-order valence-corrected chi connectivity index (χ1v) is 9.25. The molecule has 27 heavy (non-hydrogen) atoms. The Balaban J connectivity index is 1.63. The molecule has 1 aliphatic heterocycles. The van der Waals surface area contributed by atoms with Gasteiger partial charge in [0, 0.05) is 30.4 Å². The fourth-order valence-electron chi connectivity index (χ4n) is 3.29. The highest BCUT2D eigenvalue weighted by Crippen LogP contribution is 2.27. The van der Waals surface area contributed by atoms with Crippen LogP contribution in [0.15, 0.2) is 30.6 Å². The van der Waals surface area contributed by atoms with Crippen molar-refractivity contribution in [2.75, 3.05) is 5.32 Å². The van der Waals surface area contributed by atoms with Crippen LogP contribution in [0, 0.1) is 13.8 Å². The molecule has 1 aromatic carbocycles. The van der Waals surface area contributed by atoms with Gasteiger partial charge in [-0.3, -0.25) is 9.78 Å². The number of anilines is 1. The highest BCUT2D eigenvalue weighted by molar-refractivity contribution is 6.03. The zero-order chi connectivity index (χ0) is 18.8. The number of hydrogen-bond acceptors (Lipinski definition) is 5. The molecule has 138 valence electrons. The van der Waals surface area contributed by atoms with Crippen molar-refractivity contribution >= 4 is 11.6 Å².